The van der Waals surface area contributed by atoms with Gasteiger partial charge < -0.3 is 16.0 Å². The maximum absolute atomic E-state index is 12.5. The van der Waals surface area contributed by atoms with Crippen LogP contribution >= 0.6 is 0 Å². The van der Waals surface area contributed by atoms with Crippen molar-refractivity contribution in [1.29, 1.82) is 0 Å². The molecule has 3 N–H and O–H groups in total. The van der Waals surface area contributed by atoms with Gasteiger partial charge in [0.25, 0.3) is 5.91 Å². The van der Waals surface area contributed by atoms with E-state index in [2.05, 4.69) is 34.6 Å². The Morgan fingerprint density at radius 3 is 2.55 bits per heavy atom. The molecular formula is C26H26N4O. The van der Waals surface area contributed by atoms with E-state index < -0.39 is 0 Å². The molecule has 1 heterocycles. The molecule has 0 spiro atoms. The number of nitrogens with two attached hydrogens (primary N) is 1. The van der Waals surface area contributed by atoms with E-state index in [9.17, 15) is 4.79 Å². The Labute approximate surface area is 182 Å². The van der Waals surface area contributed by atoms with E-state index >= 15 is 0 Å². The standard InChI is InChI=1S/C26H26N4O/c1-30(2)14-13-28-26(31)20-10-5-9-19(15-20)21-16-24(25(27)29-17-21)23-12-6-8-18-7-3-4-11-22(18)23/h3-12,15-17H,13-14H2,1-2H3,(H2,27,29)(H,28,31). The van der Waals surface area contributed by atoms with Crippen LogP contribution in [0.4, 0.5) is 5.82 Å². The third-order valence-corrected chi connectivity index (χ3v) is 5.30. The highest BCUT2D eigenvalue weighted by Crippen LogP contribution is 2.34. The molecular weight excluding hydrogens is 384 g/mol. The zero-order chi connectivity index (χ0) is 21.8. The van der Waals surface area contributed by atoms with Crippen LogP contribution in [0.15, 0.2) is 79.0 Å². The predicted octanol–water partition coefficient (Wildman–Crippen LogP) is 4.44. The molecule has 3 aromatic carbocycles. The van der Waals surface area contributed by atoms with Gasteiger partial charge in [-0.05, 0) is 54.2 Å². The lowest BCUT2D eigenvalue weighted by Gasteiger charge is -2.12. The number of carbonyl (C=O) groups excluding carboxylic acids is 1. The van der Waals surface area contributed by atoms with Crippen LogP contribution in [-0.4, -0.2) is 43.0 Å². The molecule has 4 rings (SSSR count). The molecule has 4 aromatic rings. The molecule has 0 atom stereocenters. The van der Waals surface area contributed by atoms with E-state index in [1.807, 2.05) is 67.5 Å². The molecule has 0 radical (unpaired) electrons. The lowest BCUT2D eigenvalue weighted by molar-refractivity contribution is 0.0951. The van der Waals surface area contributed by atoms with Crippen LogP contribution in [0.5, 0.6) is 0 Å². The van der Waals surface area contributed by atoms with Crippen molar-refractivity contribution in [3.05, 3.63) is 84.6 Å². The van der Waals surface area contributed by atoms with Crippen molar-refractivity contribution in [2.24, 2.45) is 0 Å². The first-order valence-electron chi connectivity index (χ1n) is 10.3. The average Bonchev–Trinajstić information content (AvgIpc) is 2.79. The third kappa shape index (κ3) is 4.57. The summed E-state index contributed by atoms with van der Waals surface area (Å²) in [5.74, 6) is 0.402. The molecule has 0 unspecified atom stereocenters. The van der Waals surface area contributed by atoms with Crippen LogP contribution in [0, 0.1) is 0 Å². The van der Waals surface area contributed by atoms with Crippen molar-refractivity contribution in [3.8, 4) is 22.3 Å². The molecule has 0 bridgehead atoms. The summed E-state index contributed by atoms with van der Waals surface area (Å²) < 4.78 is 0. The summed E-state index contributed by atoms with van der Waals surface area (Å²) >= 11 is 0. The first-order chi connectivity index (χ1) is 15.0. The molecule has 1 amide bonds. The highest BCUT2D eigenvalue weighted by Gasteiger charge is 2.12. The summed E-state index contributed by atoms with van der Waals surface area (Å²) in [6.07, 6.45) is 1.76. The van der Waals surface area contributed by atoms with E-state index in [-0.39, 0.29) is 5.91 Å². The Morgan fingerprint density at radius 2 is 1.71 bits per heavy atom. The van der Waals surface area contributed by atoms with E-state index in [0.717, 1.165) is 39.6 Å². The minimum absolute atomic E-state index is 0.0821. The van der Waals surface area contributed by atoms with Gasteiger partial charge in [-0.25, -0.2) is 4.98 Å². The maximum atomic E-state index is 12.5. The van der Waals surface area contributed by atoms with E-state index in [1.165, 1.54) is 0 Å². The number of rotatable bonds is 6. The highest BCUT2D eigenvalue weighted by molar-refractivity contribution is 6.00. The van der Waals surface area contributed by atoms with Gasteiger partial charge >= 0.3 is 0 Å². The second-order valence-corrected chi connectivity index (χ2v) is 7.82. The number of nitrogen functional groups attached to an aromatic ring is 1. The number of amides is 1. The number of aromatic nitrogens is 1. The molecule has 0 aliphatic heterocycles. The monoisotopic (exact) mass is 410 g/mol. The summed E-state index contributed by atoms with van der Waals surface area (Å²) in [6, 6.07) is 24.1. The van der Waals surface area contributed by atoms with Gasteiger partial charge in [0, 0.05) is 36.0 Å². The molecule has 0 saturated heterocycles. The van der Waals surface area contributed by atoms with Crippen molar-refractivity contribution >= 4 is 22.5 Å². The smallest absolute Gasteiger partial charge is 0.251 e. The first-order valence-corrected chi connectivity index (χ1v) is 10.3. The molecule has 1 aromatic heterocycles. The van der Waals surface area contributed by atoms with Gasteiger partial charge in [-0.2, -0.15) is 0 Å². The number of likely N-dealkylation sites (N-methyl/N-ethyl adjacent to an activating group) is 1. The average molecular weight is 411 g/mol. The van der Waals surface area contributed by atoms with Gasteiger partial charge in [0.05, 0.1) is 0 Å². The van der Waals surface area contributed by atoms with Crippen LogP contribution in [0.1, 0.15) is 10.4 Å². The van der Waals surface area contributed by atoms with Gasteiger partial charge in [-0.15, -0.1) is 0 Å². The second kappa shape index (κ2) is 8.98. The lowest BCUT2D eigenvalue weighted by Crippen LogP contribution is -2.31. The van der Waals surface area contributed by atoms with Gasteiger partial charge in [0.1, 0.15) is 5.82 Å². The maximum Gasteiger partial charge on any atom is 0.251 e. The summed E-state index contributed by atoms with van der Waals surface area (Å²) in [6.45, 7) is 1.40. The summed E-state index contributed by atoms with van der Waals surface area (Å²) in [7, 11) is 3.96. The fraction of sp³-hybridized carbons (Fsp3) is 0.154. The number of carbonyl (C=O) groups is 1. The van der Waals surface area contributed by atoms with Gasteiger partial charge in [-0.1, -0.05) is 54.6 Å². The Balaban J connectivity index is 1.68. The molecule has 0 fully saturated rings. The van der Waals surface area contributed by atoms with Crippen LogP contribution in [-0.2, 0) is 0 Å². The summed E-state index contributed by atoms with van der Waals surface area (Å²) in [5.41, 5.74) is 10.7. The van der Waals surface area contributed by atoms with E-state index in [4.69, 9.17) is 5.73 Å². The van der Waals surface area contributed by atoms with E-state index in [0.29, 0.717) is 17.9 Å². The number of pyridine rings is 1. The highest BCUT2D eigenvalue weighted by atomic mass is 16.1. The quantitative estimate of drug-likeness (QED) is 0.493. The minimum Gasteiger partial charge on any atom is -0.383 e. The number of fused-ring (bicyclic) bond motifs is 1. The van der Waals surface area contributed by atoms with Crippen molar-refractivity contribution in [1.82, 2.24) is 15.2 Å². The fourth-order valence-electron chi connectivity index (χ4n) is 3.64. The number of nitrogens with zero attached hydrogens (tertiary/aromatic N) is 2. The Morgan fingerprint density at radius 1 is 0.935 bits per heavy atom. The Bertz CT molecular complexity index is 1230. The van der Waals surface area contributed by atoms with E-state index in [1.54, 1.807) is 6.20 Å². The normalized spacial score (nSPS) is 11.1. The van der Waals surface area contributed by atoms with Crippen molar-refractivity contribution < 1.29 is 4.79 Å². The first kappa shape index (κ1) is 20.6. The number of nitrogens with one attached hydrogen (secondary N) is 1. The minimum atomic E-state index is -0.0821. The Kier molecular flexibility index (Phi) is 5.96. The van der Waals surface area contributed by atoms with Gasteiger partial charge in [-0.3, -0.25) is 4.79 Å². The Hall–Kier alpha value is -3.70. The number of hydrogen-bond donors (Lipinski definition) is 2. The molecule has 0 saturated carbocycles. The zero-order valence-corrected chi connectivity index (χ0v) is 17.8. The fourth-order valence-corrected chi connectivity index (χ4v) is 3.64. The lowest BCUT2D eigenvalue weighted by atomic mass is 9.96. The van der Waals surface area contributed by atoms with Crippen LogP contribution in [0.25, 0.3) is 33.0 Å². The van der Waals surface area contributed by atoms with Crippen molar-refractivity contribution in [2.75, 3.05) is 32.9 Å². The van der Waals surface area contributed by atoms with Crippen LogP contribution in [0.3, 0.4) is 0 Å². The topological polar surface area (TPSA) is 71.2 Å². The molecule has 0 aliphatic rings. The summed E-state index contributed by atoms with van der Waals surface area (Å²) in [5, 5.41) is 5.24. The van der Waals surface area contributed by atoms with Crippen LogP contribution < -0.4 is 11.1 Å². The molecule has 156 valence electrons. The van der Waals surface area contributed by atoms with Crippen molar-refractivity contribution in [2.45, 2.75) is 0 Å². The second-order valence-electron chi connectivity index (χ2n) is 7.82. The number of hydrogen-bond acceptors (Lipinski definition) is 4. The summed E-state index contributed by atoms with van der Waals surface area (Å²) in [4.78, 5) is 19.0. The molecule has 31 heavy (non-hydrogen) atoms. The van der Waals surface area contributed by atoms with Crippen LogP contribution in [0.2, 0.25) is 0 Å². The molecule has 0 aliphatic carbocycles. The number of benzene rings is 3. The predicted molar refractivity (Wildman–Crippen MR) is 128 cm³/mol. The van der Waals surface area contributed by atoms with Gasteiger partial charge in [0.15, 0.2) is 0 Å². The van der Waals surface area contributed by atoms with Crippen molar-refractivity contribution in [3.63, 3.8) is 0 Å². The molecule has 5 nitrogen and oxygen atoms in total. The largest absolute Gasteiger partial charge is 0.383 e. The third-order valence-electron chi connectivity index (χ3n) is 5.30. The SMILES string of the molecule is CN(C)CCNC(=O)c1cccc(-c2cnc(N)c(-c3cccc4ccccc34)c2)c1. The number of anilines is 1. The molecule has 5 heteroatoms. The zero-order valence-electron chi connectivity index (χ0n) is 17.8. The van der Waals surface area contributed by atoms with Gasteiger partial charge in [0.2, 0.25) is 0 Å².